The van der Waals surface area contributed by atoms with E-state index >= 15 is 0 Å². The molecule has 0 heterocycles. The number of hydrogen-bond acceptors (Lipinski definition) is 5. The van der Waals surface area contributed by atoms with Gasteiger partial charge in [-0.3, -0.25) is 0 Å². The van der Waals surface area contributed by atoms with E-state index in [1.54, 1.807) is 31.2 Å². The number of carbonyl (C=O) groups excluding carboxylic acids is 1. The van der Waals surface area contributed by atoms with Gasteiger partial charge in [0.05, 0.1) is 6.54 Å². The zero-order chi connectivity index (χ0) is 31.2. The average Bonchev–Trinajstić information content (AvgIpc) is 2.89. The maximum atomic E-state index is 12.9. The van der Waals surface area contributed by atoms with Crippen molar-refractivity contribution in [1.29, 1.82) is 0 Å². The monoisotopic (exact) mass is 608 g/mol. The summed E-state index contributed by atoms with van der Waals surface area (Å²) in [6, 6.07) is 10.7. The van der Waals surface area contributed by atoms with Gasteiger partial charge in [-0.05, 0) is 61.7 Å². The Bertz CT molecular complexity index is 1090. The Kier molecular flexibility index (Phi) is 13.7. The number of alkyl halides is 6. The number of anilines is 1. The fraction of sp³-hybridized carbons (Fsp3) is 0.500. The Morgan fingerprint density at radius 1 is 0.881 bits per heavy atom. The molecule has 2 aromatic carbocycles. The molecule has 0 saturated heterocycles. The second kappa shape index (κ2) is 16.7. The molecular weight excluding hydrogens is 574 g/mol. The van der Waals surface area contributed by atoms with Crippen molar-refractivity contribution in [1.82, 2.24) is 4.90 Å². The van der Waals surface area contributed by atoms with E-state index in [1.807, 2.05) is 0 Å². The molecule has 1 atom stereocenters. The molecule has 234 valence electrons. The van der Waals surface area contributed by atoms with E-state index < -0.39 is 42.8 Å². The molecule has 1 unspecified atom stereocenters. The van der Waals surface area contributed by atoms with Crippen LogP contribution < -0.4 is 14.8 Å². The number of carbonyl (C=O) groups is 2. The molecule has 2 rings (SSSR count). The van der Waals surface area contributed by atoms with Crippen LogP contribution in [0.4, 0.5) is 36.8 Å². The lowest BCUT2D eigenvalue weighted by Crippen LogP contribution is -2.38. The highest BCUT2D eigenvalue weighted by molar-refractivity contribution is 5.89. The molecule has 0 aliphatic heterocycles. The Hall–Kier alpha value is -3.68. The van der Waals surface area contributed by atoms with Crippen LogP contribution in [0.5, 0.6) is 11.5 Å². The zero-order valence-electron chi connectivity index (χ0n) is 23.0. The van der Waals surface area contributed by atoms with Crippen molar-refractivity contribution < 1.29 is 55.2 Å². The molecule has 42 heavy (non-hydrogen) atoms. The van der Waals surface area contributed by atoms with Crippen molar-refractivity contribution in [3.63, 3.8) is 0 Å². The van der Waals surface area contributed by atoms with Gasteiger partial charge in [0.15, 0.2) is 6.10 Å². The summed E-state index contributed by atoms with van der Waals surface area (Å²) in [6.07, 6.45) is -9.53. The molecule has 14 heteroatoms. The number of amides is 2. The highest BCUT2D eigenvalue weighted by atomic mass is 19.4. The SMILES string of the molecule is CCOC(Cc1ccc(OCCN(CCCCCCC(F)(F)F)C(=O)Nc2ccc(OC(F)(F)F)cc2)cc1)C(=O)O. The van der Waals surface area contributed by atoms with Crippen molar-refractivity contribution in [3.8, 4) is 11.5 Å². The van der Waals surface area contributed by atoms with Gasteiger partial charge in [0.1, 0.15) is 18.1 Å². The molecule has 0 fully saturated rings. The van der Waals surface area contributed by atoms with Crippen LogP contribution in [0.15, 0.2) is 48.5 Å². The molecule has 0 aliphatic carbocycles. The second-order valence-electron chi connectivity index (χ2n) is 9.25. The summed E-state index contributed by atoms with van der Waals surface area (Å²) in [5, 5.41) is 11.8. The normalized spacial score (nSPS) is 12.5. The molecule has 0 radical (unpaired) electrons. The molecule has 0 saturated carbocycles. The van der Waals surface area contributed by atoms with Crippen molar-refractivity contribution in [3.05, 3.63) is 54.1 Å². The van der Waals surface area contributed by atoms with Gasteiger partial charge in [-0.1, -0.05) is 25.0 Å². The number of ether oxygens (including phenoxy) is 3. The lowest BCUT2D eigenvalue weighted by molar-refractivity contribution is -0.274. The first-order valence-electron chi connectivity index (χ1n) is 13.3. The number of carboxylic acid groups (broad SMARTS) is 1. The molecule has 0 spiro atoms. The number of benzene rings is 2. The molecule has 2 amide bonds. The van der Waals surface area contributed by atoms with E-state index in [9.17, 15) is 41.0 Å². The quantitative estimate of drug-likeness (QED) is 0.148. The maximum Gasteiger partial charge on any atom is 0.573 e. The third-order valence-corrected chi connectivity index (χ3v) is 5.88. The van der Waals surface area contributed by atoms with Crippen molar-refractivity contribution in [2.24, 2.45) is 0 Å². The predicted molar refractivity (Wildman–Crippen MR) is 142 cm³/mol. The zero-order valence-corrected chi connectivity index (χ0v) is 23.0. The third-order valence-electron chi connectivity index (χ3n) is 5.88. The first kappa shape index (κ1) is 34.5. The molecule has 2 N–H and O–H groups in total. The summed E-state index contributed by atoms with van der Waals surface area (Å²) in [7, 11) is 0. The van der Waals surface area contributed by atoms with E-state index in [2.05, 4.69) is 10.1 Å². The highest BCUT2D eigenvalue weighted by Gasteiger charge is 2.31. The molecule has 2 aromatic rings. The lowest BCUT2D eigenvalue weighted by Gasteiger charge is -2.23. The second-order valence-corrected chi connectivity index (χ2v) is 9.25. The Labute approximate surface area is 239 Å². The van der Waals surface area contributed by atoms with Crippen molar-refractivity contribution in [2.45, 2.75) is 64.1 Å². The van der Waals surface area contributed by atoms with Crippen LogP contribution in [-0.2, 0) is 16.0 Å². The van der Waals surface area contributed by atoms with E-state index in [4.69, 9.17) is 9.47 Å². The van der Waals surface area contributed by atoms with Gasteiger partial charge in [0.25, 0.3) is 0 Å². The molecule has 0 bridgehead atoms. The summed E-state index contributed by atoms with van der Waals surface area (Å²) in [5.74, 6) is -1.05. The third kappa shape index (κ3) is 14.3. The maximum absolute atomic E-state index is 12.9. The van der Waals surface area contributed by atoms with Crippen LogP contribution >= 0.6 is 0 Å². The largest absolute Gasteiger partial charge is 0.573 e. The van der Waals surface area contributed by atoms with Gasteiger partial charge in [-0.2, -0.15) is 13.2 Å². The van der Waals surface area contributed by atoms with E-state index in [0.29, 0.717) is 25.0 Å². The number of rotatable bonds is 17. The highest BCUT2D eigenvalue weighted by Crippen LogP contribution is 2.25. The van der Waals surface area contributed by atoms with Crippen molar-refractivity contribution in [2.75, 3.05) is 31.6 Å². The number of hydrogen-bond donors (Lipinski definition) is 2. The number of urea groups is 1. The summed E-state index contributed by atoms with van der Waals surface area (Å²) >= 11 is 0. The van der Waals surface area contributed by atoms with Crippen LogP contribution in [0.1, 0.15) is 44.6 Å². The minimum absolute atomic E-state index is 0.0150. The summed E-state index contributed by atoms with van der Waals surface area (Å²) in [5.41, 5.74) is 0.939. The van der Waals surface area contributed by atoms with Crippen LogP contribution in [-0.4, -0.2) is 67.0 Å². The first-order chi connectivity index (χ1) is 19.8. The van der Waals surface area contributed by atoms with Crippen LogP contribution in [0.3, 0.4) is 0 Å². The van der Waals surface area contributed by atoms with E-state index in [1.165, 1.54) is 17.0 Å². The number of carboxylic acids is 1. The Morgan fingerprint density at radius 2 is 1.50 bits per heavy atom. The van der Waals surface area contributed by atoms with Crippen LogP contribution in [0.25, 0.3) is 0 Å². The van der Waals surface area contributed by atoms with Crippen LogP contribution in [0.2, 0.25) is 0 Å². The fourth-order valence-corrected chi connectivity index (χ4v) is 3.87. The Morgan fingerprint density at radius 3 is 2.07 bits per heavy atom. The molecular formula is C28H34F6N2O6. The average molecular weight is 609 g/mol. The standard InChI is InChI=1S/C28H34F6N2O6/c1-2-40-24(25(37)38)19-20-7-11-22(12-8-20)41-18-17-36(16-6-4-3-5-15-27(29,30)31)26(39)35-21-9-13-23(14-10-21)42-28(32,33)34/h7-14,24H,2-6,15-19H2,1H3,(H,35,39)(H,37,38). The van der Waals surface area contributed by atoms with Crippen LogP contribution in [0, 0.1) is 0 Å². The smallest absolute Gasteiger partial charge is 0.492 e. The van der Waals surface area contributed by atoms with Gasteiger partial charge in [0.2, 0.25) is 0 Å². The first-order valence-corrected chi connectivity index (χ1v) is 13.3. The van der Waals surface area contributed by atoms with E-state index in [-0.39, 0.29) is 44.8 Å². The lowest BCUT2D eigenvalue weighted by atomic mass is 10.1. The molecule has 0 aromatic heterocycles. The minimum Gasteiger partial charge on any atom is -0.492 e. The number of nitrogens with one attached hydrogen (secondary N) is 1. The van der Waals surface area contributed by atoms with Gasteiger partial charge in [-0.15, -0.1) is 13.2 Å². The Balaban J connectivity index is 1.94. The molecule has 0 aliphatic rings. The topological polar surface area (TPSA) is 97.3 Å². The van der Waals surface area contributed by atoms with Gasteiger partial charge in [0, 0.05) is 31.7 Å². The molecule has 8 nitrogen and oxygen atoms in total. The van der Waals surface area contributed by atoms with Gasteiger partial charge in [-0.25, -0.2) is 9.59 Å². The van der Waals surface area contributed by atoms with Gasteiger partial charge < -0.3 is 29.5 Å². The van der Waals surface area contributed by atoms with Gasteiger partial charge >= 0.3 is 24.5 Å². The number of halogens is 6. The fourth-order valence-electron chi connectivity index (χ4n) is 3.87. The summed E-state index contributed by atoms with van der Waals surface area (Å²) in [4.78, 5) is 25.6. The number of unbranched alkanes of at least 4 members (excludes halogenated alkanes) is 3. The number of nitrogens with zero attached hydrogens (tertiary/aromatic N) is 1. The number of aliphatic carboxylic acids is 1. The predicted octanol–water partition coefficient (Wildman–Crippen LogP) is 7.04. The van der Waals surface area contributed by atoms with Crippen molar-refractivity contribution >= 4 is 17.7 Å². The van der Waals surface area contributed by atoms with E-state index in [0.717, 1.165) is 17.7 Å². The summed E-state index contributed by atoms with van der Waals surface area (Å²) < 4.78 is 89.0. The minimum atomic E-state index is -4.85. The summed E-state index contributed by atoms with van der Waals surface area (Å²) in [6.45, 7) is 2.34.